The highest BCUT2D eigenvalue weighted by Crippen LogP contribution is 2.48. The Balaban J connectivity index is 1.54. The molecular weight excluding hydrogens is 296 g/mol. The molecule has 0 saturated heterocycles. The van der Waals surface area contributed by atoms with Crippen LogP contribution in [0.5, 0.6) is 28.7 Å². The Hall–Kier alpha value is -2.56. The van der Waals surface area contributed by atoms with E-state index in [1.165, 1.54) is 0 Å². The maximum atomic E-state index is 6.30. The SMILES string of the molecule is COc1ccc2c(c1)OC[C@@H]1Cc3cc4c(cc3O[C@H]21)OCO4. The summed E-state index contributed by atoms with van der Waals surface area (Å²) in [4.78, 5) is 0. The van der Waals surface area contributed by atoms with Crippen LogP contribution in [-0.2, 0) is 6.42 Å². The van der Waals surface area contributed by atoms with Crippen LogP contribution in [-0.4, -0.2) is 20.5 Å². The second-order valence-corrected chi connectivity index (χ2v) is 6.03. The van der Waals surface area contributed by atoms with Gasteiger partial charge in [-0.05, 0) is 30.2 Å². The number of benzene rings is 2. The summed E-state index contributed by atoms with van der Waals surface area (Å²) in [5.41, 5.74) is 2.22. The molecule has 23 heavy (non-hydrogen) atoms. The first-order chi connectivity index (χ1) is 11.3. The summed E-state index contributed by atoms with van der Waals surface area (Å²) >= 11 is 0. The molecule has 3 aliphatic heterocycles. The third kappa shape index (κ3) is 1.92. The molecule has 0 bridgehead atoms. The fraction of sp³-hybridized carbons (Fsp3) is 0.333. The summed E-state index contributed by atoms with van der Waals surface area (Å²) in [6.07, 6.45) is 0.903. The van der Waals surface area contributed by atoms with Crippen LogP contribution >= 0.6 is 0 Å². The molecule has 118 valence electrons. The highest BCUT2D eigenvalue weighted by atomic mass is 16.7. The van der Waals surface area contributed by atoms with Gasteiger partial charge in [-0.1, -0.05) is 0 Å². The van der Waals surface area contributed by atoms with E-state index in [0.717, 1.165) is 46.3 Å². The number of hydrogen-bond acceptors (Lipinski definition) is 5. The first kappa shape index (κ1) is 12.9. The number of methoxy groups -OCH3 is 1. The monoisotopic (exact) mass is 312 g/mol. The van der Waals surface area contributed by atoms with Gasteiger partial charge in [-0.15, -0.1) is 0 Å². The Morgan fingerprint density at radius 3 is 2.70 bits per heavy atom. The maximum Gasteiger partial charge on any atom is 0.231 e. The van der Waals surface area contributed by atoms with Crippen LogP contribution in [0.15, 0.2) is 30.3 Å². The van der Waals surface area contributed by atoms with E-state index in [-0.39, 0.29) is 12.9 Å². The van der Waals surface area contributed by atoms with E-state index in [1.807, 2.05) is 30.3 Å². The number of fused-ring (bicyclic) bond motifs is 5. The minimum atomic E-state index is -0.00229. The molecule has 0 saturated carbocycles. The van der Waals surface area contributed by atoms with Crippen molar-refractivity contribution < 1.29 is 23.7 Å². The lowest BCUT2D eigenvalue weighted by Crippen LogP contribution is -2.34. The fourth-order valence-electron chi connectivity index (χ4n) is 3.52. The molecule has 5 rings (SSSR count). The Labute approximate surface area is 133 Å². The van der Waals surface area contributed by atoms with Crippen molar-refractivity contribution in [1.82, 2.24) is 0 Å². The van der Waals surface area contributed by atoms with Crippen LogP contribution in [0.2, 0.25) is 0 Å². The van der Waals surface area contributed by atoms with Gasteiger partial charge in [0.1, 0.15) is 23.4 Å². The summed E-state index contributed by atoms with van der Waals surface area (Å²) in [5.74, 6) is 4.36. The Morgan fingerprint density at radius 1 is 0.957 bits per heavy atom. The molecule has 0 unspecified atom stereocenters. The predicted octanol–water partition coefficient (Wildman–Crippen LogP) is 3.11. The van der Waals surface area contributed by atoms with Gasteiger partial charge in [0.15, 0.2) is 11.5 Å². The lowest BCUT2D eigenvalue weighted by Gasteiger charge is -2.38. The van der Waals surface area contributed by atoms with Crippen molar-refractivity contribution in [3.05, 3.63) is 41.5 Å². The van der Waals surface area contributed by atoms with Crippen LogP contribution in [0.3, 0.4) is 0 Å². The molecule has 0 aliphatic carbocycles. The molecule has 0 spiro atoms. The Morgan fingerprint density at radius 2 is 1.83 bits per heavy atom. The minimum Gasteiger partial charge on any atom is -0.497 e. The zero-order chi connectivity index (χ0) is 15.4. The van der Waals surface area contributed by atoms with Crippen molar-refractivity contribution in [2.75, 3.05) is 20.5 Å². The van der Waals surface area contributed by atoms with E-state index < -0.39 is 0 Å². The Kier molecular flexibility index (Phi) is 2.65. The normalized spacial score (nSPS) is 23.0. The van der Waals surface area contributed by atoms with Gasteiger partial charge in [-0.3, -0.25) is 0 Å². The quantitative estimate of drug-likeness (QED) is 0.809. The number of hydrogen-bond donors (Lipinski definition) is 0. The molecule has 3 aliphatic rings. The summed E-state index contributed by atoms with van der Waals surface area (Å²) in [6.45, 7) is 0.912. The van der Waals surface area contributed by atoms with Crippen LogP contribution in [0.4, 0.5) is 0 Å². The van der Waals surface area contributed by atoms with Crippen LogP contribution in [0.1, 0.15) is 17.2 Å². The summed E-state index contributed by atoms with van der Waals surface area (Å²) in [7, 11) is 1.66. The van der Waals surface area contributed by atoms with Gasteiger partial charge in [-0.2, -0.15) is 0 Å². The second-order valence-electron chi connectivity index (χ2n) is 6.03. The summed E-state index contributed by atoms with van der Waals surface area (Å²) in [5, 5.41) is 0. The van der Waals surface area contributed by atoms with E-state index >= 15 is 0 Å². The predicted molar refractivity (Wildman–Crippen MR) is 81.6 cm³/mol. The average molecular weight is 312 g/mol. The smallest absolute Gasteiger partial charge is 0.231 e. The standard InChI is InChI=1S/C18H16O5/c1-19-12-2-3-13-15(6-12)20-8-11-4-10-5-16-17(22-9-21-16)7-14(10)23-18(11)13/h2-3,5-7,11,18H,4,8-9H2,1H3/t11-,18-/m0/s1. The molecular formula is C18H16O5. The van der Waals surface area contributed by atoms with Crippen LogP contribution < -0.4 is 23.7 Å². The molecule has 3 heterocycles. The van der Waals surface area contributed by atoms with E-state index in [9.17, 15) is 0 Å². The van der Waals surface area contributed by atoms with Gasteiger partial charge in [0.05, 0.1) is 13.7 Å². The zero-order valence-electron chi connectivity index (χ0n) is 12.7. The molecule has 2 aromatic rings. The van der Waals surface area contributed by atoms with Gasteiger partial charge in [-0.25, -0.2) is 0 Å². The van der Waals surface area contributed by atoms with E-state index in [1.54, 1.807) is 7.11 Å². The van der Waals surface area contributed by atoms with E-state index in [0.29, 0.717) is 12.5 Å². The third-order valence-electron chi connectivity index (χ3n) is 4.70. The molecule has 2 atom stereocenters. The van der Waals surface area contributed by atoms with Gasteiger partial charge in [0.2, 0.25) is 6.79 Å². The Bertz CT molecular complexity index is 785. The lowest BCUT2D eigenvalue weighted by atomic mass is 9.85. The van der Waals surface area contributed by atoms with Gasteiger partial charge in [0.25, 0.3) is 0 Å². The molecule has 2 aromatic carbocycles. The van der Waals surface area contributed by atoms with Crippen LogP contribution in [0.25, 0.3) is 0 Å². The molecule has 0 N–H and O–H groups in total. The van der Waals surface area contributed by atoms with Gasteiger partial charge >= 0.3 is 0 Å². The minimum absolute atomic E-state index is 0.00229. The van der Waals surface area contributed by atoms with Crippen LogP contribution in [0, 0.1) is 5.92 Å². The largest absolute Gasteiger partial charge is 0.497 e. The molecule has 0 amide bonds. The lowest BCUT2D eigenvalue weighted by molar-refractivity contribution is 0.0540. The van der Waals surface area contributed by atoms with Crippen molar-refractivity contribution in [2.45, 2.75) is 12.5 Å². The first-order valence-corrected chi connectivity index (χ1v) is 7.72. The van der Waals surface area contributed by atoms with Crippen molar-refractivity contribution in [2.24, 2.45) is 5.92 Å². The highest BCUT2D eigenvalue weighted by Gasteiger charge is 2.38. The average Bonchev–Trinajstić information content (AvgIpc) is 3.04. The zero-order valence-corrected chi connectivity index (χ0v) is 12.7. The van der Waals surface area contributed by atoms with Gasteiger partial charge < -0.3 is 23.7 Å². The topological polar surface area (TPSA) is 46.2 Å². The molecule has 0 fully saturated rings. The fourth-order valence-corrected chi connectivity index (χ4v) is 3.52. The third-order valence-corrected chi connectivity index (χ3v) is 4.70. The molecule has 5 heteroatoms. The first-order valence-electron chi connectivity index (χ1n) is 7.72. The summed E-state index contributed by atoms with van der Waals surface area (Å²) < 4.78 is 28.4. The molecule has 5 nitrogen and oxygen atoms in total. The molecule has 0 radical (unpaired) electrons. The van der Waals surface area contributed by atoms with Crippen molar-refractivity contribution in [3.63, 3.8) is 0 Å². The number of ether oxygens (including phenoxy) is 5. The van der Waals surface area contributed by atoms with Gasteiger partial charge in [0, 0.05) is 23.6 Å². The van der Waals surface area contributed by atoms with E-state index in [4.69, 9.17) is 23.7 Å². The van der Waals surface area contributed by atoms with E-state index in [2.05, 4.69) is 0 Å². The number of rotatable bonds is 1. The highest BCUT2D eigenvalue weighted by molar-refractivity contribution is 5.54. The van der Waals surface area contributed by atoms with Crippen molar-refractivity contribution in [3.8, 4) is 28.7 Å². The van der Waals surface area contributed by atoms with Crippen molar-refractivity contribution in [1.29, 1.82) is 0 Å². The summed E-state index contributed by atoms with van der Waals surface area (Å²) in [6, 6.07) is 9.86. The second kappa shape index (κ2) is 4.72. The molecule has 0 aromatic heterocycles. The maximum absolute atomic E-state index is 6.30. The van der Waals surface area contributed by atoms with Crippen molar-refractivity contribution >= 4 is 0 Å².